The topological polar surface area (TPSA) is 513 Å². The zero-order valence-electron chi connectivity index (χ0n) is 53.5. The van der Waals surface area contributed by atoms with Gasteiger partial charge in [0.25, 0.3) is 0 Å². The number of amides is 8. The number of carbonyl (C=O) groups excluding carboxylic acids is 8. The summed E-state index contributed by atoms with van der Waals surface area (Å²) in [5, 5.41) is 22.1. The average molecular weight is 1300 g/mol. The van der Waals surface area contributed by atoms with Crippen molar-refractivity contribution in [2.45, 2.75) is 165 Å². The number of aliphatic imine (C=N–C) groups is 3. The first-order chi connectivity index (χ1) is 45.2. The van der Waals surface area contributed by atoms with E-state index in [9.17, 15) is 24.0 Å². The van der Waals surface area contributed by atoms with Crippen LogP contribution in [-0.2, 0) is 57.6 Å². The third-order valence-electron chi connectivity index (χ3n) is 16.1. The van der Waals surface area contributed by atoms with Gasteiger partial charge in [-0.15, -0.1) is 0 Å². The number of benzene rings is 3. The van der Waals surface area contributed by atoms with E-state index < -0.39 is 83.6 Å². The number of hydrogen-bond acceptors (Lipinski definition) is 12. The largest absolute Gasteiger partial charge is 0.370 e. The van der Waals surface area contributed by atoms with Crippen molar-refractivity contribution in [3.05, 3.63) is 108 Å². The molecule has 29 heteroatoms. The summed E-state index contributed by atoms with van der Waals surface area (Å²) in [7, 11) is 0. The van der Waals surface area contributed by atoms with Gasteiger partial charge in [0.2, 0.25) is 47.3 Å². The Kier molecular flexibility index (Phi) is 29.4. The SMILES string of the molecule is CCCCCCCC(=O)NCCCC[C@H](NC(=O)[C@H](Cc1c[nH]c2ccccc12)NC(=O)[C@@H](CCCN=C(N)N)NC(=O)[C@H](Cc1c[nH]c2ccccc12)NC(=O)[C@@H](CCCN=C(N)N)NC(=O)[C@@H](Cc1c[nH]c2ccccc12)NC(=O)[C@H](N)CCCN=C(N)N)C(N)=O. The van der Waals surface area contributed by atoms with Gasteiger partial charge < -0.3 is 98.0 Å². The summed E-state index contributed by atoms with van der Waals surface area (Å²) >= 11 is 0. The van der Waals surface area contributed by atoms with Crippen molar-refractivity contribution in [1.82, 2.24) is 52.2 Å². The minimum Gasteiger partial charge on any atom is -0.370 e. The molecule has 6 aromatic rings. The number of hydrogen-bond donors (Lipinski definition) is 18. The summed E-state index contributed by atoms with van der Waals surface area (Å²) in [6.45, 7) is 2.79. The van der Waals surface area contributed by atoms with E-state index in [-0.39, 0.29) is 101 Å². The molecule has 3 aromatic carbocycles. The zero-order valence-corrected chi connectivity index (χ0v) is 53.5. The van der Waals surface area contributed by atoms with Crippen LogP contribution in [0, 0.1) is 0 Å². The van der Waals surface area contributed by atoms with Crippen LogP contribution in [0.3, 0.4) is 0 Å². The first kappa shape index (κ1) is 72.9. The first-order valence-corrected chi connectivity index (χ1v) is 32.2. The van der Waals surface area contributed by atoms with Gasteiger partial charge >= 0.3 is 0 Å². The summed E-state index contributed by atoms with van der Waals surface area (Å²) in [5.41, 5.74) is 50.1. The van der Waals surface area contributed by atoms with Crippen LogP contribution in [0.15, 0.2) is 106 Å². The number of nitrogens with two attached hydrogens (primary N) is 8. The van der Waals surface area contributed by atoms with E-state index in [1.807, 2.05) is 72.8 Å². The third-order valence-corrected chi connectivity index (χ3v) is 16.1. The number of guanidine groups is 3. The molecule has 0 bridgehead atoms. The van der Waals surface area contributed by atoms with E-state index in [4.69, 9.17) is 45.9 Å². The number of rotatable bonds is 42. The van der Waals surface area contributed by atoms with E-state index >= 15 is 14.4 Å². The van der Waals surface area contributed by atoms with Crippen molar-refractivity contribution in [1.29, 1.82) is 0 Å². The number of nitrogens with one attached hydrogen (secondary N) is 10. The number of carbonyl (C=O) groups is 8. The molecule has 26 N–H and O–H groups in total. The van der Waals surface area contributed by atoms with E-state index in [1.165, 1.54) is 0 Å². The number of fused-ring (bicyclic) bond motifs is 3. The number of H-pyrrole nitrogens is 3. The van der Waals surface area contributed by atoms with Crippen LogP contribution in [0.1, 0.15) is 120 Å². The molecule has 0 aliphatic heterocycles. The Morgan fingerprint density at radius 2 is 0.755 bits per heavy atom. The lowest BCUT2D eigenvalue weighted by Gasteiger charge is -2.28. The molecule has 0 spiro atoms. The van der Waals surface area contributed by atoms with Crippen molar-refractivity contribution in [3.63, 3.8) is 0 Å². The number of aromatic nitrogens is 3. The van der Waals surface area contributed by atoms with Gasteiger partial charge in [-0.25, -0.2) is 0 Å². The highest BCUT2D eigenvalue weighted by Gasteiger charge is 2.35. The molecule has 0 aliphatic rings. The molecule has 0 aliphatic carbocycles. The molecule has 0 saturated heterocycles. The molecule has 6 rings (SSSR count). The molecule has 3 heterocycles. The molecule has 0 saturated carbocycles. The second-order valence-electron chi connectivity index (χ2n) is 23.4. The van der Waals surface area contributed by atoms with Crippen LogP contribution >= 0.6 is 0 Å². The Morgan fingerprint density at radius 3 is 1.16 bits per heavy atom. The van der Waals surface area contributed by atoms with Crippen LogP contribution in [-0.4, -0.2) is 149 Å². The zero-order chi connectivity index (χ0) is 67.9. The predicted molar refractivity (Wildman–Crippen MR) is 365 cm³/mol. The van der Waals surface area contributed by atoms with Gasteiger partial charge in [0.15, 0.2) is 17.9 Å². The highest BCUT2D eigenvalue weighted by atomic mass is 16.2. The van der Waals surface area contributed by atoms with Gasteiger partial charge in [0.1, 0.15) is 36.3 Å². The standard InChI is InChI=1S/C65H95N21O8/c1-2-3-4-5-6-28-55(87)74-29-14-13-25-49(56(67)88)81-60(92)53(34-40-37-79-47-23-11-8-19-43(40)47)85-58(90)51(27-17-32-77-65(72)73)83-62(94)54(35-41-38-80-48-24-12-9-20-44(41)48)86-59(91)50(26-16-31-76-64(70)71)82-61(93)52(33-39-36-78-46-22-10-7-18-42(39)46)84-57(89)45(66)21-15-30-75-63(68)69/h7-12,18-20,22-24,36-38,45,49-54,78-80H,2-6,13-17,21,25-35,66H2,1H3,(H2,67,88)(H,74,87)(H,81,92)(H,82,93)(H,83,94)(H,84,89)(H,85,90)(H,86,91)(H4,68,69,75)(H4,70,71,76)(H4,72,73,77)/t45-,49+,50-,51-,52-,53+,54+/m1/s1. The van der Waals surface area contributed by atoms with Crippen LogP contribution in [0.25, 0.3) is 32.7 Å². The number of primary amides is 1. The lowest BCUT2D eigenvalue weighted by molar-refractivity contribution is -0.135. The minimum atomic E-state index is -1.46. The fourth-order valence-corrected chi connectivity index (χ4v) is 11.0. The number of para-hydroxylation sites is 3. The molecule has 3 aromatic heterocycles. The summed E-state index contributed by atoms with van der Waals surface area (Å²) in [5.74, 6) is -6.03. The lowest BCUT2D eigenvalue weighted by atomic mass is 10.0. The van der Waals surface area contributed by atoms with Crippen molar-refractivity contribution in [2.75, 3.05) is 26.2 Å². The predicted octanol–water partition coefficient (Wildman–Crippen LogP) is 0.688. The minimum absolute atomic E-state index is 0.0358. The van der Waals surface area contributed by atoms with E-state index in [0.29, 0.717) is 48.9 Å². The fraction of sp³-hybridized carbons (Fsp3) is 0.462. The quantitative estimate of drug-likeness (QED) is 0.0142. The summed E-state index contributed by atoms with van der Waals surface area (Å²) in [4.78, 5) is 136. The Bertz CT molecular complexity index is 3560. The number of aromatic amines is 3. The molecule has 94 heavy (non-hydrogen) atoms. The third kappa shape index (κ3) is 23.8. The van der Waals surface area contributed by atoms with Crippen molar-refractivity contribution in [2.24, 2.45) is 60.8 Å². The first-order valence-electron chi connectivity index (χ1n) is 32.2. The maximum atomic E-state index is 15.2. The van der Waals surface area contributed by atoms with Gasteiger partial charge in [-0.2, -0.15) is 0 Å². The second-order valence-corrected chi connectivity index (χ2v) is 23.4. The molecule has 508 valence electrons. The summed E-state index contributed by atoms with van der Waals surface area (Å²) in [6, 6.07) is 12.9. The van der Waals surface area contributed by atoms with E-state index in [0.717, 1.165) is 64.8 Å². The Hall–Kier alpha value is -10.2. The Balaban J connectivity index is 1.28. The highest BCUT2D eigenvalue weighted by Crippen LogP contribution is 2.23. The molecular formula is C65H95N21O8. The molecule has 0 unspecified atom stereocenters. The highest BCUT2D eigenvalue weighted by molar-refractivity contribution is 5.99. The number of unbranched alkanes of at least 4 members (excludes halogenated alkanes) is 5. The summed E-state index contributed by atoms with van der Waals surface area (Å²) in [6.07, 6.45) is 12.1. The molecule has 0 radical (unpaired) electrons. The van der Waals surface area contributed by atoms with Crippen molar-refractivity contribution in [3.8, 4) is 0 Å². The van der Waals surface area contributed by atoms with Crippen LogP contribution < -0.4 is 83.1 Å². The van der Waals surface area contributed by atoms with Gasteiger partial charge in [0, 0.05) is 103 Å². The maximum absolute atomic E-state index is 15.2. The van der Waals surface area contributed by atoms with Gasteiger partial charge in [-0.05, 0) is 99.1 Å². The van der Waals surface area contributed by atoms with Crippen molar-refractivity contribution < 1.29 is 38.4 Å². The van der Waals surface area contributed by atoms with E-state index in [2.05, 4.69) is 74.1 Å². The Labute approximate surface area is 546 Å². The Morgan fingerprint density at radius 1 is 0.404 bits per heavy atom. The molecule has 29 nitrogen and oxygen atoms in total. The number of nitrogens with zero attached hydrogens (tertiary/aromatic N) is 3. The van der Waals surface area contributed by atoms with Crippen LogP contribution in [0.5, 0.6) is 0 Å². The average Bonchev–Trinajstić information content (AvgIpc) is 1.67. The normalized spacial score (nSPS) is 13.4. The monoisotopic (exact) mass is 1300 g/mol. The lowest BCUT2D eigenvalue weighted by Crippen LogP contribution is -2.60. The second kappa shape index (κ2) is 38.0. The van der Waals surface area contributed by atoms with Gasteiger partial charge in [-0.3, -0.25) is 53.3 Å². The van der Waals surface area contributed by atoms with Crippen LogP contribution in [0.4, 0.5) is 0 Å². The molecular weight excluding hydrogens is 1200 g/mol. The van der Waals surface area contributed by atoms with Gasteiger partial charge in [0.05, 0.1) is 6.04 Å². The van der Waals surface area contributed by atoms with E-state index in [1.54, 1.807) is 18.6 Å². The molecule has 8 amide bonds. The smallest absolute Gasteiger partial charge is 0.243 e. The maximum Gasteiger partial charge on any atom is 0.243 e. The van der Waals surface area contributed by atoms with Crippen molar-refractivity contribution >= 4 is 97.8 Å². The fourth-order valence-electron chi connectivity index (χ4n) is 11.0. The molecule has 7 atom stereocenters. The van der Waals surface area contributed by atoms with Gasteiger partial charge in [-0.1, -0.05) is 87.2 Å². The summed E-state index contributed by atoms with van der Waals surface area (Å²) < 4.78 is 0. The van der Waals surface area contributed by atoms with Crippen LogP contribution in [0.2, 0.25) is 0 Å². The molecule has 0 fully saturated rings.